The number of anilines is 1. The van der Waals surface area contributed by atoms with Gasteiger partial charge in [0.15, 0.2) is 15.1 Å². The molecule has 0 spiro atoms. The highest BCUT2D eigenvalue weighted by molar-refractivity contribution is 7.91. The Balaban J connectivity index is 2.05. The summed E-state index contributed by atoms with van der Waals surface area (Å²) in [6.07, 6.45) is 0.628. The molecule has 1 atom stereocenters. The minimum atomic E-state index is -4.23. The van der Waals surface area contributed by atoms with Crippen LogP contribution in [0, 0.1) is 0 Å². The van der Waals surface area contributed by atoms with E-state index in [0.717, 1.165) is 11.1 Å². The molecule has 5 nitrogen and oxygen atoms in total. The molecule has 0 heterocycles. The Morgan fingerprint density at radius 1 is 0.829 bits per heavy atom. The SMILES string of the molecule is CCc1cccc(C(C)C)c1NC(=O)C(=O)C(c1ccccc1Cl)S(=O)(=O)Cc1ccccc1Cl. The monoisotopic (exact) mass is 531 g/mol. The number of hydrogen-bond acceptors (Lipinski definition) is 4. The number of carbonyl (C=O) groups excluding carboxylic acids is 2. The van der Waals surface area contributed by atoms with Crippen molar-refractivity contribution >= 4 is 50.4 Å². The van der Waals surface area contributed by atoms with Crippen LogP contribution < -0.4 is 5.32 Å². The number of nitrogens with one attached hydrogen (secondary N) is 1. The second-order valence-corrected chi connectivity index (χ2v) is 11.4. The minimum Gasteiger partial charge on any atom is -0.319 e. The average molecular weight is 532 g/mol. The summed E-state index contributed by atoms with van der Waals surface area (Å²) in [7, 11) is -4.23. The average Bonchev–Trinajstić information content (AvgIpc) is 2.81. The molecule has 0 saturated carbocycles. The van der Waals surface area contributed by atoms with Gasteiger partial charge < -0.3 is 5.32 Å². The van der Waals surface area contributed by atoms with Gasteiger partial charge in [-0.05, 0) is 46.7 Å². The van der Waals surface area contributed by atoms with Crippen molar-refractivity contribution in [2.75, 3.05) is 5.32 Å². The molecule has 0 saturated heterocycles. The summed E-state index contributed by atoms with van der Waals surface area (Å²) < 4.78 is 27.2. The molecule has 0 fully saturated rings. The molecular weight excluding hydrogens is 505 g/mol. The highest BCUT2D eigenvalue weighted by atomic mass is 35.5. The highest BCUT2D eigenvalue weighted by Crippen LogP contribution is 2.34. The number of halogens is 2. The zero-order valence-corrected chi connectivity index (χ0v) is 22.0. The molecular formula is C27H27Cl2NO4S. The Morgan fingerprint density at radius 3 is 2.00 bits per heavy atom. The van der Waals surface area contributed by atoms with Gasteiger partial charge in [0.25, 0.3) is 5.91 Å². The van der Waals surface area contributed by atoms with E-state index in [1.165, 1.54) is 12.1 Å². The van der Waals surface area contributed by atoms with Crippen molar-refractivity contribution in [3.8, 4) is 0 Å². The predicted molar refractivity (Wildman–Crippen MR) is 142 cm³/mol. The second-order valence-electron chi connectivity index (χ2n) is 8.51. The summed E-state index contributed by atoms with van der Waals surface area (Å²) in [6, 6.07) is 18.3. The fraction of sp³-hybridized carbons (Fsp3) is 0.259. The van der Waals surface area contributed by atoms with Crippen LogP contribution in [0.5, 0.6) is 0 Å². The number of hydrogen-bond donors (Lipinski definition) is 1. The van der Waals surface area contributed by atoms with Gasteiger partial charge in [-0.2, -0.15) is 0 Å². The molecule has 3 rings (SSSR count). The molecule has 35 heavy (non-hydrogen) atoms. The lowest BCUT2D eigenvalue weighted by Crippen LogP contribution is -2.34. The lowest BCUT2D eigenvalue weighted by Gasteiger charge is -2.21. The van der Waals surface area contributed by atoms with Crippen molar-refractivity contribution in [1.82, 2.24) is 0 Å². The quantitative estimate of drug-likeness (QED) is 0.317. The van der Waals surface area contributed by atoms with Crippen LogP contribution in [-0.2, 0) is 31.6 Å². The van der Waals surface area contributed by atoms with Crippen molar-refractivity contribution in [2.24, 2.45) is 0 Å². The fourth-order valence-corrected chi connectivity index (χ4v) is 6.41. The number of sulfone groups is 1. The summed E-state index contributed by atoms with van der Waals surface area (Å²) in [5.41, 5.74) is 2.63. The first-order chi connectivity index (χ1) is 16.6. The summed E-state index contributed by atoms with van der Waals surface area (Å²) in [4.78, 5) is 26.8. The van der Waals surface area contributed by atoms with Gasteiger partial charge >= 0.3 is 0 Å². The Morgan fingerprint density at radius 2 is 1.40 bits per heavy atom. The maximum absolute atomic E-state index is 13.6. The normalized spacial score (nSPS) is 12.4. The molecule has 0 radical (unpaired) electrons. The fourth-order valence-electron chi connectivity index (χ4n) is 3.94. The molecule has 184 valence electrons. The van der Waals surface area contributed by atoms with Crippen molar-refractivity contribution in [3.05, 3.63) is 99.0 Å². The van der Waals surface area contributed by atoms with E-state index in [0.29, 0.717) is 17.7 Å². The Bertz CT molecular complexity index is 1350. The molecule has 0 bridgehead atoms. The van der Waals surface area contributed by atoms with E-state index >= 15 is 0 Å². The Hall–Kier alpha value is -2.67. The Kier molecular flexibility index (Phi) is 8.75. The molecule has 3 aromatic carbocycles. The maximum Gasteiger partial charge on any atom is 0.293 e. The summed E-state index contributed by atoms with van der Waals surface area (Å²) in [5, 5.41) is 1.25. The van der Waals surface area contributed by atoms with Gasteiger partial charge in [0.2, 0.25) is 5.78 Å². The van der Waals surface area contributed by atoms with Gasteiger partial charge in [-0.25, -0.2) is 8.42 Å². The van der Waals surface area contributed by atoms with E-state index < -0.39 is 32.5 Å². The van der Waals surface area contributed by atoms with Gasteiger partial charge in [0.1, 0.15) is 0 Å². The third-order valence-corrected chi connectivity index (χ3v) is 8.36. The second kappa shape index (κ2) is 11.4. The summed E-state index contributed by atoms with van der Waals surface area (Å²) in [6.45, 7) is 5.90. The smallest absolute Gasteiger partial charge is 0.293 e. The number of Topliss-reactive ketones (excluding diaryl/α,β-unsaturated/α-hetero) is 1. The van der Waals surface area contributed by atoms with Gasteiger partial charge in [-0.15, -0.1) is 0 Å². The third-order valence-electron chi connectivity index (χ3n) is 5.75. The van der Waals surface area contributed by atoms with Gasteiger partial charge in [0.05, 0.1) is 5.75 Å². The van der Waals surface area contributed by atoms with Gasteiger partial charge in [-0.1, -0.05) is 98.6 Å². The Labute approximate surface area is 216 Å². The number of para-hydroxylation sites is 1. The predicted octanol–water partition coefficient (Wildman–Crippen LogP) is 6.54. The lowest BCUT2D eigenvalue weighted by molar-refractivity contribution is -0.134. The van der Waals surface area contributed by atoms with Crippen LogP contribution in [-0.4, -0.2) is 20.1 Å². The van der Waals surface area contributed by atoms with E-state index in [2.05, 4.69) is 5.32 Å². The van der Waals surface area contributed by atoms with E-state index in [4.69, 9.17) is 23.2 Å². The number of rotatable bonds is 9. The van der Waals surface area contributed by atoms with E-state index in [9.17, 15) is 18.0 Å². The highest BCUT2D eigenvalue weighted by Gasteiger charge is 2.39. The lowest BCUT2D eigenvalue weighted by atomic mass is 9.96. The number of benzene rings is 3. The molecule has 0 aromatic heterocycles. The standard InChI is InChI=1S/C27H27Cl2NO4S/c1-4-18-11-9-13-20(17(2)3)24(18)30-27(32)25(31)26(21-12-6-8-15-23(21)29)35(33,34)16-19-10-5-7-14-22(19)28/h5-15,17,26H,4,16H2,1-3H3,(H,30,32). The number of carbonyl (C=O) groups is 2. The van der Waals surface area contributed by atoms with Gasteiger partial charge in [0, 0.05) is 15.7 Å². The van der Waals surface area contributed by atoms with Crippen molar-refractivity contribution in [2.45, 2.75) is 44.1 Å². The number of amides is 1. The third kappa shape index (κ3) is 6.13. The van der Waals surface area contributed by atoms with E-state index in [-0.39, 0.29) is 21.5 Å². The van der Waals surface area contributed by atoms with Crippen LogP contribution in [0.25, 0.3) is 0 Å². The van der Waals surface area contributed by atoms with E-state index in [1.807, 2.05) is 39.0 Å². The largest absolute Gasteiger partial charge is 0.319 e. The van der Waals surface area contributed by atoms with Crippen molar-refractivity contribution < 1.29 is 18.0 Å². The molecule has 0 aliphatic heterocycles. The molecule has 0 aliphatic rings. The molecule has 8 heteroatoms. The van der Waals surface area contributed by atoms with Crippen LogP contribution in [0.4, 0.5) is 5.69 Å². The zero-order valence-electron chi connectivity index (χ0n) is 19.7. The number of aryl methyl sites for hydroxylation is 1. The minimum absolute atomic E-state index is 0.0502. The molecule has 3 aromatic rings. The van der Waals surface area contributed by atoms with Crippen LogP contribution in [0.1, 0.15) is 54.2 Å². The molecule has 1 unspecified atom stereocenters. The maximum atomic E-state index is 13.6. The summed E-state index contributed by atoms with van der Waals surface area (Å²) >= 11 is 12.5. The van der Waals surface area contributed by atoms with Crippen LogP contribution in [0.15, 0.2) is 66.7 Å². The van der Waals surface area contributed by atoms with Crippen LogP contribution in [0.2, 0.25) is 10.0 Å². The molecule has 1 amide bonds. The van der Waals surface area contributed by atoms with Crippen LogP contribution >= 0.6 is 23.2 Å². The molecule has 0 aliphatic carbocycles. The summed E-state index contributed by atoms with van der Waals surface area (Å²) in [5.74, 6) is -2.56. The zero-order chi connectivity index (χ0) is 25.8. The van der Waals surface area contributed by atoms with Crippen LogP contribution in [0.3, 0.4) is 0 Å². The number of ketones is 1. The first-order valence-corrected chi connectivity index (χ1v) is 13.7. The molecule has 1 N–H and O–H groups in total. The van der Waals surface area contributed by atoms with Gasteiger partial charge in [-0.3, -0.25) is 9.59 Å². The van der Waals surface area contributed by atoms with Crippen molar-refractivity contribution in [1.29, 1.82) is 0 Å². The van der Waals surface area contributed by atoms with E-state index in [1.54, 1.807) is 36.4 Å². The van der Waals surface area contributed by atoms with Crippen molar-refractivity contribution in [3.63, 3.8) is 0 Å². The first-order valence-electron chi connectivity index (χ1n) is 11.2. The topological polar surface area (TPSA) is 80.3 Å². The first kappa shape index (κ1) is 26.9.